The quantitative estimate of drug-likeness (QED) is 0.735. The van der Waals surface area contributed by atoms with Crippen LogP contribution in [0.1, 0.15) is 34.5 Å². The minimum absolute atomic E-state index is 0.0532. The molecule has 6 nitrogen and oxygen atoms in total. The number of rotatable bonds is 4. The van der Waals surface area contributed by atoms with Gasteiger partial charge in [-0.1, -0.05) is 41.9 Å². The maximum absolute atomic E-state index is 13.3. The van der Waals surface area contributed by atoms with Gasteiger partial charge in [-0.15, -0.1) is 11.3 Å². The van der Waals surface area contributed by atoms with Crippen molar-refractivity contribution in [3.05, 3.63) is 51.2 Å². The molecular formula is C19H19ClN2O4S2. The van der Waals surface area contributed by atoms with E-state index < -0.39 is 21.2 Å². The zero-order chi connectivity index (χ0) is 20.1. The first kappa shape index (κ1) is 19.4. The molecule has 1 aliphatic heterocycles. The Morgan fingerprint density at radius 1 is 1.11 bits per heavy atom. The molecule has 0 radical (unpaired) electrons. The molecular weight excluding hydrogens is 420 g/mol. The summed E-state index contributed by atoms with van der Waals surface area (Å²) in [5.74, 6) is -0.514. The van der Waals surface area contributed by atoms with Gasteiger partial charge >= 0.3 is 0 Å². The third-order valence-corrected chi connectivity index (χ3v) is 8.13. The van der Waals surface area contributed by atoms with E-state index in [1.807, 2.05) is 30.3 Å². The van der Waals surface area contributed by atoms with E-state index in [9.17, 15) is 18.0 Å². The Balaban J connectivity index is 1.62. The maximum Gasteiger partial charge on any atom is 0.284 e. The van der Waals surface area contributed by atoms with Gasteiger partial charge in [-0.2, -0.15) is 0 Å². The summed E-state index contributed by atoms with van der Waals surface area (Å²) in [6.07, 6.45) is 3.24. The number of thiophene rings is 1. The van der Waals surface area contributed by atoms with Crippen LogP contribution in [0.15, 0.2) is 40.6 Å². The lowest BCUT2D eigenvalue weighted by Crippen LogP contribution is -2.48. The van der Waals surface area contributed by atoms with E-state index in [1.165, 1.54) is 15.4 Å². The van der Waals surface area contributed by atoms with Gasteiger partial charge in [-0.25, -0.2) is 13.4 Å². The van der Waals surface area contributed by atoms with Crippen LogP contribution in [0.5, 0.6) is 0 Å². The second-order valence-electron chi connectivity index (χ2n) is 7.17. The molecule has 1 aromatic heterocycles. The van der Waals surface area contributed by atoms with Gasteiger partial charge in [0.2, 0.25) is 0 Å². The predicted molar refractivity (Wildman–Crippen MR) is 107 cm³/mol. The monoisotopic (exact) mass is 438 g/mol. The topological polar surface area (TPSA) is 74.8 Å². The summed E-state index contributed by atoms with van der Waals surface area (Å²) in [6.45, 7) is 0.860. The molecule has 1 saturated carbocycles. The third-order valence-electron chi connectivity index (χ3n) is 5.28. The second kappa shape index (κ2) is 6.86. The fourth-order valence-corrected chi connectivity index (χ4v) is 6.48. The molecule has 28 heavy (non-hydrogen) atoms. The average Bonchev–Trinajstić information content (AvgIpc) is 3.15. The molecule has 148 valence electrons. The minimum Gasteiger partial charge on any atom is -0.272 e. The molecule has 2 aromatic rings. The van der Waals surface area contributed by atoms with Crippen LogP contribution in [-0.4, -0.2) is 49.6 Å². The van der Waals surface area contributed by atoms with Gasteiger partial charge < -0.3 is 0 Å². The van der Waals surface area contributed by atoms with Gasteiger partial charge in [0, 0.05) is 24.7 Å². The van der Waals surface area contributed by atoms with Crippen molar-refractivity contribution in [2.45, 2.75) is 29.6 Å². The zero-order valence-electron chi connectivity index (χ0n) is 15.2. The molecule has 0 N–H and O–H groups in total. The van der Waals surface area contributed by atoms with Crippen LogP contribution >= 0.6 is 22.9 Å². The molecule has 2 amide bonds. The lowest BCUT2D eigenvalue weighted by Gasteiger charge is -2.31. The number of halogens is 1. The molecule has 0 spiro atoms. The summed E-state index contributed by atoms with van der Waals surface area (Å²) in [5.41, 5.74) is 0.397. The molecule has 9 heteroatoms. The number of hydrogen-bond donors (Lipinski definition) is 0. The number of nitrogens with zero attached hydrogens (tertiary/aromatic N) is 2. The predicted octanol–water partition coefficient (Wildman–Crippen LogP) is 3.13. The Morgan fingerprint density at radius 2 is 1.75 bits per heavy atom. The van der Waals surface area contributed by atoms with Crippen molar-refractivity contribution in [3.8, 4) is 0 Å². The summed E-state index contributed by atoms with van der Waals surface area (Å²) in [7, 11) is -3.52. The summed E-state index contributed by atoms with van der Waals surface area (Å²) in [4.78, 5) is 26.5. The molecule has 2 aliphatic rings. The fraction of sp³-hybridized carbons (Fsp3) is 0.368. The highest BCUT2D eigenvalue weighted by atomic mass is 35.5. The molecule has 1 aromatic carbocycles. The van der Waals surface area contributed by atoms with E-state index in [1.54, 1.807) is 0 Å². The lowest BCUT2D eigenvalue weighted by atomic mass is 9.95. The first-order chi connectivity index (χ1) is 13.3. The number of amides is 2. The van der Waals surface area contributed by atoms with E-state index in [0.717, 1.165) is 36.0 Å². The van der Waals surface area contributed by atoms with Crippen LogP contribution in [0.25, 0.3) is 0 Å². The van der Waals surface area contributed by atoms with E-state index in [0.29, 0.717) is 19.5 Å². The first-order valence-electron chi connectivity index (χ1n) is 8.92. The first-order valence-corrected chi connectivity index (χ1v) is 12.1. The van der Waals surface area contributed by atoms with Gasteiger partial charge in [0.25, 0.3) is 11.8 Å². The van der Waals surface area contributed by atoms with Gasteiger partial charge in [-0.05, 0) is 24.8 Å². The van der Waals surface area contributed by atoms with Crippen molar-refractivity contribution >= 4 is 44.6 Å². The van der Waals surface area contributed by atoms with Crippen LogP contribution in [0.3, 0.4) is 0 Å². The van der Waals surface area contributed by atoms with Gasteiger partial charge in [0.1, 0.15) is 4.88 Å². The maximum atomic E-state index is 13.3. The third kappa shape index (κ3) is 3.13. The standard InChI is InChI=1S/C19H19ClN2O4S2/c1-28(25,26)14-12-27-16(15(14)20)17(23)21-10-5-11-22(21)18(24)19(8-9-19)13-6-3-2-4-7-13/h2-4,6-7,12H,5,8-11H2,1H3. The van der Waals surface area contributed by atoms with Crippen molar-refractivity contribution in [1.82, 2.24) is 10.0 Å². The van der Waals surface area contributed by atoms with E-state index in [4.69, 9.17) is 11.6 Å². The number of benzene rings is 1. The summed E-state index contributed by atoms with van der Waals surface area (Å²) in [5, 5.41) is 4.23. The van der Waals surface area contributed by atoms with Gasteiger partial charge in [0.05, 0.1) is 15.3 Å². The van der Waals surface area contributed by atoms with Crippen LogP contribution < -0.4 is 0 Å². The van der Waals surface area contributed by atoms with Crippen LogP contribution in [0, 0.1) is 0 Å². The number of hydrogen-bond acceptors (Lipinski definition) is 5. The Bertz CT molecular complexity index is 1050. The van der Waals surface area contributed by atoms with E-state index >= 15 is 0 Å². The summed E-state index contributed by atoms with van der Waals surface area (Å²) < 4.78 is 23.6. The molecule has 4 rings (SSSR count). The normalized spacial score (nSPS) is 18.4. The lowest BCUT2D eigenvalue weighted by molar-refractivity contribution is -0.143. The van der Waals surface area contributed by atoms with Gasteiger partial charge in [0.15, 0.2) is 9.84 Å². The van der Waals surface area contributed by atoms with Gasteiger partial charge in [-0.3, -0.25) is 14.6 Å². The second-order valence-corrected chi connectivity index (χ2v) is 10.4. The molecule has 2 fully saturated rings. The van der Waals surface area contributed by atoms with Crippen LogP contribution in [0.4, 0.5) is 0 Å². The Hall–Kier alpha value is -1.90. The highest BCUT2D eigenvalue weighted by Crippen LogP contribution is 2.50. The van der Waals surface area contributed by atoms with E-state index in [2.05, 4.69) is 0 Å². The molecule has 0 bridgehead atoms. The fourth-order valence-electron chi connectivity index (χ4n) is 3.63. The van der Waals surface area contributed by atoms with Crippen molar-refractivity contribution in [1.29, 1.82) is 0 Å². The largest absolute Gasteiger partial charge is 0.284 e. The van der Waals surface area contributed by atoms with E-state index in [-0.39, 0.29) is 20.7 Å². The molecule has 1 aliphatic carbocycles. The number of sulfone groups is 1. The summed E-state index contributed by atoms with van der Waals surface area (Å²) in [6, 6.07) is 9.62. The number of carbonyl (C=O) groups excluding carboxylic acids is 2. The molecule has 1 saturated heterocycles. The Kier molecular flexibility index (Phi) is 4.76. The van der Waals surface area contributed by atoms with Crippen molar-refractivity contribution in [2.24, 2.45) is 0 Å². The number of carbonyl (C=O) groups is 2. The zero-order valence-corrected chi connectivity index (χ0v) is 17.6. The molecule has 2 heterocycles. The van der Waals surface area contributed by atoms with Crippen molar-refractivity contribution < 1.29 is 18.0 Å². The molecule has 0 atom stereocenters. The Labute approximate surface area is 172 Å². The average molecular weight is 439 g/mol. The van der Waals surface area contributed by atoms with Crippen molar-refractivity contribution in [3.63, 3.8) is 0 Å². The molecule has 0 unspecified atom stereocenters. The highest BCUT2D eigenvalue weighted by molar-refractivity contribution is 7.91. The SMILES string of the molecule is CS(=O)(=O)c1csc(C(=O)N2CCCN2C(=O)C2(c3ccccc3)CC2)c1Cl. The Morgan fingerprint density at radius 3 is 2.32 bits per heavy atom. The minimum atomic E-state index is -3.52. The van der Waals surface area contributed by atoms with Crippen molar-refractivity contribution in [2.75, 3.05) is 19.3 Å². The van der Waals surface area contributed by atoms with Crippen LogP contribution in [0.2, 0.25) is 5.02 Å². The number of hydrazine groups is 1. The van der Waals surface area contributed by atoms with Crippen LogP contribution in [-0.2, 0) is 20.0 Å². The highest BCUT2D eigenvalue weighted by Gasteiger charge is 2.55. The smallest absolute Gasteiger partial charge is 0.272 e. The summed E-state index contributed by atoms with van der Waals surface area (Å²) >= 11 is 7.18.